The molecule has 1 aliphatic heterocycles. The zero-order valence-corrected chi connectivity index (χ0v) is 10.8. The van der Waals surface area contributed by atoms with E-state index in [2.05, 4.69) is 10.5 Å². The van der Waals surface area contributed by atoms with Gasteiger partial charge in [-0.25, -0.2) is 0 Å². The zero-order valence-electron chi connectivity index (χ0n) is 10.0. The number of rotatable bonds is 5. The molecule has 17 heavy (non-hydrogen) atoms. The van der Waals surface area contributed by atoms with Gasteiger partial charge in [0, 0.05) is 13.2 Å². The minimum absolute atomic E-state index is 0.00644. The Bertz CT molecular complexity index is 362. The van der Waals surface area contributed by atoms with E-state index in [1.807, 2.05) is 11.6 Å². The molecule has 2 atom stereocenters. The molecule has 2 rings (SSSR count). The molecule has 1 saturated heterocycles. The lowest BCUT2D eigenvalue weighted by atomic mass is 10.0. The Hall–Kier alpha value is -0.620. The fraction of sp³-hybridized carbons (Fsp3) is 0.727. The van der Waals surface area contributed by atoms with E-state index in [0.717, 1.165) is 38.1 Å². The molecule has 6 heteroatoms. The maximum atomic E-state index is 6.16. The molecule has 3 N–H and O–H groups in total. The number of aromatic nitrogens is 2. The molecule has 2 unspecified atom stereocenters. The summed E-state index contributed by atoms with van der Waals surface area (Å²) in [7, 11) is 0. The Morgan fingerprint density at radius 1 is 1.76 bits per heavy atom. The summed E-state index contributed by atoms with van der Waals surface area (Å²) in [5.41, 5.74) is 3.77. The lowest BCUT2D eigenvalue weighted by molar-refractivity contribution is 0.0936. The van der Waals surface area contributed by atoms with Crippen LogP contribution in [0, 0.1) is 0 Å². The molecule has 0 spiro atoms. The Kier molecular flexibility index (Phi) is 4.39. The van der Waals surface area contributed by atoms with Gasteiger partial charge in [0.2, 0.25) is 0 Å². The summed E-state index contributed by atoms with van der Waals surface area (Å²) < 4.78 is 7.51. The standard InChI is InChI=1S/C11H19ClN4O/c1-2-16-11(9(12)7-14-16)10(15-13)6-8-4-3-5-17-8/h7-8,10,15H,2-6,13H2,1H3. The van der Waals surface area contributed by atoms with E-state index in [1.54, 1.807) is 6.20 Å². The Balaban J connectivity index is 2.12. The second-order valence-corrected chi connectivity index (χ2v) is 4.69. The van der Waals surface area contributed by atoms with Crippen LogP contribution in [0.4, 0.5) is 0 Å². The van der Waals surface area contributed by atoms with E-state index < -0.39 is 0 Å². The smallest absolute Gasteiger partial charge is 0.0834 e. The van der Waals surface area contributed by atoms with Crippen molar-refractivity contribution in [1.82, 2.24) is 15.2 Å². The molecule has 0 aromatic carbocycles. The van der Waals surface area contributed by atoms with Gasteiger partial charge < -0.3 is 4.74 Å². The number of ether oxygens (including phenoxy) is 1. The molecule has 0 aliphatic carbocycles. The summed E-state index contributed by atoms with van der Waals surface area (Å²) in [6, 6.07) is -0.00644. The highest BCUT2D eigenvalue weighted by Gasteiger charge is 2.25. The van der Waals surface area contributed by atoms with E-state index in [-0.39, 0.29) is 12.1 Å². The van der Waals surface area contributed by atoms with Crippen molar-refractivity contribution in [2.45, 2.75) is 44.9 Å². The Morgan fingerprint density at radius 2 is 2.59 bits per heavy atom. The van der Waals surface area contributed by atoms with Crippen molar-refractivity contribution in [3.8, 4) is 0 Å². The van der Waals surface area contributed by atoms with Gasteiger partial charge in [-0.05, 0) is 26.2 Å². The lowest BCUT2D eigenvalue weighted by Crippen LogP contribution is -2.32. The summed E-state index contributed by atoms with van der Waals surface area (Å²) in [6.07, 6.45) is 4.99. The van der Waals surface area contributed by atoms with Crippen LogP contribution in [0.25, 0.3) is 0 Å². The van der Waals surface area contributed by atoms with Crippen LogP contribution < -0.4 is 11.3 Å². The Morgan fingerprint density at radius 3 is 3.18 bits per heavy atom. The topological polar surface area (TPSA) is 65.1 Å². The molecule has 1 fully saturated rings. The summed E-state index contributed by atoms with van der Waals surface area (Å²) in [6.45, 7) is 3.67. The highest BCUT2D eigenvalue weighted by Crippen LogP contribution is 2.29. The SMILES string of the molecule is CCn1ncc(Cl)c1C(CC1CCCO1)NN. The van der Waals surface area contributed by atoms with Crippen LogP contribution in [0.15, 0.2) is 6.20 Å². The number of hydrazine groups is 1. The third kappa shape index (κ3) is 2.80. The zero-order chi connectivity index (χ0) is 12.3. The third-order valence-corrected chi connectivity index (χ3v) is 3.48. The van der Waals surface area contributed by atoms with Gasteiger partial charge in [-0.2, -0.15) is 5.10 Å². The number of hydrogen-bond donors (Lipinski definition) is 2. The first kappa shape index (κ1) is 12.8. The number of nitrogens with zero attached hydrogens (tertiary/aromatic N) is 2. The van der Waals surface area contributed by atoms with Crippen molar-refractivity contribution in [2.24, 2.45) is 5.84 Å². The highest BCUT2D eigenvalue weighted by atomic mass is 35.5. The average molecular weight is 259 g/mol. The van der Waals surface area contributed by atoms with Crippen molar-refractivity contribution < 1.29 is 4.74 Å². The molecule has 1 aromatic rings. The monoisotopic (exact) mass is 258 g/mol. The molecule has 0 bridgehead atoms. The molecule has 0 saturated carbocycles. The predicted octanol–water partition coefficient (Wildman–Crippen LogP) is 1.63. The molecule has 0 amide bonds. The molecular weight excluding hydrogens is 240 g/mol. The van der Waals surface area contributed by atoms with Crippen LogP contribution in [-0.4, -0.2) is 22.5 Å². The number of nitrogens with two attached hydrogens (primary N) is 1. The molecule has 2 heterocycles. The second kappa shape index (κ2) is 5.82. The number of halogens is 1. The minimum Gasteiger partial charge on any atom is -0.378 e. The minimum atomic E-state index is -0.00644. The van der Waals surface area contributed by atoms with Crippen molar-refractivity contribution in [3.63, 3.8) is 0 Å². The van der Waals surface area contributed by atoms with Crippen molar-refractivity contribution >= 4 is 11.6 Å². The van der Waals surface area contributed by atoms with Gasteiger partial charge in [0.25, 0.3) is 0 Å². The first-order chi connectivity index (χ1) is 8.26. The van der Waals surface area contributed by atoms with Crippen LogP contribution in [0.2, 0.25) is 5.02 Å². The van der Waals surface area contributed by atoms with Crippen LogP contribution in [0.1, 0.15) is 37.9 Å². The fourth-order valence-corrected chi connectivity index (χ4v) is 2.59. The number of nitrogens with one attached hydrogen (secondary N) is 1. The molecule has 96 valence electrons. The molecular formula is C11H19ClN4O. The fourth-order valence-electron chi connectivity index (χ4n) is 2.32. The second-order valence-electron chi connectivity index (χ2n) is 4.28. The van der Waals surface area contributed by atoms with Gasteiger partial charge in [-0.3, -0.25) is 16.0 Å². The molecule has 1 aliphatic rings. The number of hydrogen-bond acceptors (Lipinski definition) is 4. The first-order valence-electron chi connectivity index (χ1n) is 6.05. The molecule has 0 radical (unpaired) electrons. The molecule has 1 aromatic heterocycles. The van der Waals surface area contributed by atoms with Crippen LogP contribution in [-0.2, 0) is 11.3 Å². The summed E-state index contributed by atoms with van der Waals surface area (Å²) in [4.78, 5) is 0. The quantitative estimate of drug-likeness (QED) is 0.622. The van der Waals surface area contributed by atoms with Gasteiger partial charge >= 0.3 is 0 Å². The maximum absolute atomic E-state index is 6.16. The van der Waals surface area contributed by atoms with Crippen molar-refractivity contribution in [1.29, 1.82) is 0 Å². The summed E-state index contributed by atoms with van der Waals surface area (Å²) >= 11 is 6.16. The van der Waals surface area contributed by atoms with Crippen molar-refractivity contribution in [3.05, 3.63) is 16.9 Å². The number of aryl methyl sites for hydroxylation is 1. The van der Waals surface area contributed by atoms with E-state index >= 15 is 0 Å². The maximum Gasteiger partial charge on any atom is 0.0834 e. The third-order valence-electron chi connectivity index (χ3n) is 3.19. The van der Waals surface area contributed by atoms with Gasteiger partial charge in [-0.1, -0.05) is 11.6 Å². The van der Waals surface area contributed by atoms with E-state index in [1.165, 1.54) is 0 Å². The molecule has 5 nitrogen and oxygen atoms in total. The predicted molar refractivity (Wildman–Crippen MR) is 66.6 cm³/mol. The van der Waals surface area contributed by atoms with Crippen LogP contribution in [0.3, 0.4) is 0 Å². The van der Waals surface area contributed by atoms with E-state index in [9.17, 15) is 0 Å². The van der Waals surface area contributed by atoms with Gasteiger partial charge in [0.05, 0.1) is 29.1 Å². The summed E-state index contributed by atoms with van der Waals surface area (Å²) in [5, 5.41) is 4.89. The first-order valence-corrected chi connectivity index (χ1v) is 6.43. The highest BCUT2D eigenvalue weighted by molar-refractivity contribution is 6.31. The van der Waals surface area contributed by atoms with E-state index in [4.69, 9.17) is 22.2 Å². The van der Waals surface area contributed by atoms with Gasteiger partial charge in [0.15, 0.2) is 0 Å². The van der Waals surface area contributed by atoms with Crippen molar-refractivity contribution in [2.75, 3.05) is 6.61 Å². The van der Waals surface area contributed by atoms with Gasteiger partial charge in [-0.15, -0.1) is 0 Å². The van der Waals surface area contributed by atoms with Gasteiger partial charge in [0.1, 0.15) is 0 Å². The van der Waals surface area contributed by atoms with E-state index in [0.29, 0.717) is 5.02 Å². The lowest BCUT2D eigenvalue weighted by Gasteiger charge is -2.20. The average Bonchev–Trinajstić information content (AvgIpc) is 2.95. The normalized spacial score (nSPS) is 21.9. The largest absolute Gasteiger partial charge is 0.378 e. The Labute approximate surface area is 106 Å². The van der Waals surface area contributed by atoms with Crippen LogP contribution in [0.5, 0.6) is 0 Å². The summed E-state index contributed by atoms with van der Waals surface area (Å²) in [5.74, 6) is 5.63. The van der Waals surface area contributed by atoms with Crippen LogP contribution >= 0.6 is 11.6 Å².